The molecule has 1 atom stereocenters. The van der Waals surface area contributed by atoms with E-state index in [1.165, 1.54) is 128 Å². The molecule has 0 saturated carbocycles. The highest BCUT2D eigenvalue weighted by atomic mass is 127. The maximum absolute atomic E-state index is 13.1. The lowest BCUT2D eigenvalue weighted by molar-refractivity contribution is -0.606. The second kappa shape index (κ2) is 27.4. The SMILES string of the molecule is CCCCCCCCC=CCCCCCCCC(=O)N1CC[N+](C(C)(O)I)=C1CCCCCCCCCCCC.[Cl-]. The van der Waals surface area contributed by atoms with E-state index in [0.717, 1.165) is 44.6 Å². The molecule has 0 saturated heterocycles. The third kappa shape index (κ3) is 21.2. The van der Waals surface area contributed by atoms with Crippen LogP contribution in [0, 0.1) is 0 Å². The van der Waals surface area contributed by atoms with Gasteiger partial charge in [0.1, 0.15) is 13.1 Å². The molecule has 0 aromatic rings. The van der Waals surface area contributed by atoms with Gasteiger partial charge in [-0.2, -0.15) is 4.90 Å². The van der Waals surface area contributed by atoms with Crippen LogP contribution in [-0.2, 0) is 4.79 Å². The highest BCUT2D eigenvalue weighted by Crippen LogP contribution is 2.23. The molecule has 0 aromatic heterocycles. The summed E-state index contributed by atoms with van der Waals surface area (Å²) in [4.78, 5) is 15.1. The van der Waals surface area contributed by atoms with Gasteiger partial charge in [-0.25, -0.2) is 9.37 Å². The number of amides is 1. The normalized spacial score (nSPS) is 15.1. The first kappa shape index (κ1) is 40.9. The van der Waals surface area contributed by atoms with Crippen molar-refractivity contribution >= 4 is 34.3 Å². The van der Waals surface area contributed by atoms with Gasteiger partial charge < -0.3 is 17.5 Å². The maximum atomic E-state index is 13.1. The van der Waals surface area contributed by atoms with E-state index in [4.69, 9.17) is 0 Å². The Hall–Kier alpha value is -0.140. The molecule has 1 aliphatic rings. The number of hydrogen-bond acceptors (Lipinski definition) is 2. The number of carbonyl (C=O) groups is 1. The van der Waals surface area contributed by atoms with Gasteiger partial charge >= 0.3 is 5.91 Å². The third-order valence-corrected chi connectivity index (χ3v) is 8.95. The van der Waals surface area contributed by atoms with Gasteiger partial charge in [-0.3, -0.25) is 0 Å². The summed E-state index contributed by atoms with van der Waals surface area (Å²) in [5.74, 6) is 1.31. The van der Waals surface area contributed by atoms with Gasteiger partial charge in [0, 0.05) is 42.4 Å². The van der Waals surface area contributed by atoms with E-state index < -0.39 is 3.73 Å². The molecule has 0 bridgehead atoms. The van der Waals surface area contributed by atoms with Crippen LogP contribution in [-0.4, -0.2) is 43.1 Å². The van der Waals surface area contributed by atoms with Gasteiger partial charge in [0.05, 0.1) is 0 Å². The van der Waals surface area contributed by atoms with E-state index in [-0.39, 0.29) is 18.3 Å². The predicted octanol–water partition coefficient (Wildman–Crippen LogP) is 7.69. The quantitative estimate of drug-likeness (QED) is 0.0238. The molecule has 41 heavy (non-hydrogen) atoms. The fraction of sp³-hybridized carbons (Fsp3) is 0.886. The number of halogens is 2. The van der Waals surface area contributed by atoms with Crippen LogP contribution >= 0.6 is 22.6 Å². The number of amidine groups is 1. The van der Waals surface area contributed by atoms with E-state index in [9.17, 15) is 9.90 Å². The summed E-state index contributed by atoms with van der Waals surface area (Å²) in [6.45, 7) is 7.84. The monoisotopic (exact) mass is 708 g/mol. The second-order valence-corrected chi connectivity index (χ2v) is 14.3. The molecule has 6 heteroatoms. The standard InChI is InChI=1S/C35H66IN2O2.ClH/c1-4-6-8-10-12-14-16-17-18-19-20-22-24-26-28-30-34(39)37-31-32-38(35(3,36)40)33(37)29-27-25-23-21-15-13-11-9-7-5-2;/h17-18,40H,4-16,19-32H2,1-3H3;1H/q+1;/p-1. The largest absolute Gasteiger partial charge is 1.00 e. The molecule has 242 valence electrons. The third-order valence-electron chi connectivity index (χ3n) is 8.37. The van der Waals surface area contributed by atoms with Crippen LogP contribution < -0.4 is 12.4 Å². The number of aliphatic hydroxyl groups is 1. The Morgan fingerprint density at radius 2 is 1.17 bits per heavy atom. The van der Waals surface area contributed by atoms with Crippen LogP contribution in [0.4, 0.5) is 0 Å². The fourth-order valence-electron chi connectivity index (χ4n) is 5.83. The molecule has 1 unspecified atom stereocenters. The van der Waals surface area contributed by atoms with Gasteiger partial charge in [-0.1, -0.05) is 135 Å². The molecule has 0 aliphatic carbocycles. The van der Waals surface area contributed by atoms with Crippen molar-refractivity contribution in [2.45, 2.75) is 185 Å². The van der Waals surface area contributed by atoms with Gasteiger partial charge in [0.2, 0.25) is 0 Å². The first-order valence-corrected chi connectivity index (χ1v) is 18.5. The van der Waals surface area contributed by atoms with Crippen molar-refractivity contribution in [2.24, 2.45) is 0 Å². The van der Waals surface area contributed by atoms with Crippen LogP contribution in [0.15, 0.2) is 12.2 Å². The van der Waals surface area contributed by atoms with Crippen LogP contribution in [0.2, 0.25) is 0 Å². The number of hydrogen-bond donors (Lipinski definition) is 1. The van der Waals surface area contributed by atoms with Crippen LogP contribution in [0.25, 0.3) is 0 Å². The minimum absolute atomic E-state index is 0. The second-order valence-electron chi connectivity index (χ2n) is 12.3. The summed E-state index contributed by atoms with van der Waals surface area (Å²) >= 11 is 2.10. The fourth-order valence-corrected chi connectivity index (χ4v) is 6.35. The van der Waals surface area contributed by atoms with Gasteiger partial charge in [0.25, 0.3) is 9.57 Å². The van der Waals surface area contributed by atoms with E-state index in [2.05, 4.69) is 53.2 Å². The Bertz CT molecular complexity index is 690. The molecule has 1 aliphatic heterocycles. The summed E-state index contributed by atoms with van der Waals surface area (Å²) in [5, 5.41) is 10.7. The van der Waals surface area contributed by atoms with Crippen molar-refractivity contribution in [3.63, 3.8) is 0 Å². The Balaban J connectivity index is 0.0000160. The van der Waals surface area contributed by atoms with Crippen molar-refractivity contribution in [2.75, 3.05) is 13.1 Å². The number of rotatable bonds is 27. The van der Waals surface area contributed by atoms with Crippen molar-refractivity contribution in [1.82, 2.24) is 4.90 Å². The molecule has 1 N–H and O–H groups in total. The molecule has 4 nitrogen and oxygen atoms in total. The van der Waals surface area contributed by atoms with E-state index in [0.29, 0.717) is 6.42 Å². The van der Waals surface area contributed by atoms with E-state index >= 15 is 0 Å². The van der Waals surface area contributed by atoms with Crippen molar-refractivity contribution in [3.8, 4) is 0 Å². The van der Waals surface area contributed by atoms with Gasteiger partial charge in [-0.15, -0.1) is 0 Å². The first-order chi connectivity index (χ1) is 19.4. The van der Waals surface area contributed by atoms with Gasteiger partial charge in [0.15, 0.2) is 0 Å². The zero-order valence-electron chi connectivity index (χ0n) is 27.3. The summed E-state index contributed by atoms with van der Waals surface area (Å²) in [7, 11) is 0. The Kier molecular flexibility index (Phi) is 27.3. The molecule has 0 spiro atoms. The highest BCUT2D eigenvalue weighted by molar-refractivity contribution is 14.1. The first-order valence-electron chi connectivity index (χ1n) is 17.4. The summed E-state index contributed by atoms with van der Waals surface area (Å²) in [6, 6.07) is 0. The molecular weight excluding hydrogens is 643 g/mol. The lowest BCUT2D eigenvalue weighted by Gasteiger charge is -2.18. The molecule has 1 rings (SSSR count). The number of carbonyl (C=O) groups excluding carboxylic acids is 1. The summed E-state index contributed by atoms with van der Waals surface area (Å²) < 4.78 is 1.11. The smallest absolute Gasteiger partial charge is 0.309 e. The summed E-state index contributed by atoms with van der Waals surface area (Å²) in [5.41, 5.74) is 0. The number of allylic oxidation sites excluding steroid dienone is 2. The minimum atomic E-state index is -0.941. The number of nitrogens with zero attached hydrogens (tertiary/aromatic N) is 2. The average molecular weight is 709 g/mol. The topological polar surface area (TPSA) is 43.5 Å². The van der Waals surface area contributed by atoms with Crippen LogP contribution in [0.1, 0.15) is 181 Å². The average Bonchev–Trinajstić information content (AvgIpc) is 3.36. The van der Waals surface area contributed by atoms with Crippen molar-refractivity contribution < 1.29 is 26.9 Å². The predicted molar refractivity (Wildman–Crippen MR) is 182 cm³/mol. The minimum Gasteiger partial charge on any atom is -1.00 e. The zero-order chi connectivity index (χ0) is 29.3. The Morgan fingerprint density at radius 3 is 1.63 bits per heavy atom. The summed E-state index contributed by atoms with van der Waals surface area (Å²) in [6.07, 6.45) is 36.0. The highest BCUT2D eigenvalue weighted by Gasteiger charge is 2.41. The number of alkyl halides is 1. The van der Waals surface area contributed by atoms with E-state index in [1.807, 2.05) is 11.8 Å². The molecule has 1 amide bonds. The Labute approximate surface area is 275 Å². The molecular formula is C35H66ClIN2O2. The lowest BCUT2D eigenvalue weighted by atomic mass is 10.1. The van der Waals surface area contributed by atoms with Crippen LogP contribution in [0.3, 0.4) is 0 Å². The maximum Gasteiger partial charge on any atom is 0.309 e. The molecule has 1 heterocycles. The van der Waals surface area contributed by atoms with Crippen molar-refractivity contribution in [1.29, 1.82) is 0 Å². The molecule has 0 radical (unpaired) electrons. The van der Waals surface area contributed by atoms with Crippen molar-refractivity contribution in [3.05, 3.63) is 12.2 Å². The zero-order valence-corrected chi connectivity index (χ0v) is 30.2. The molecule has 0 aromatic carbocycles. The lowest BCUT2D eigenvalue weighted by Crippen LogP contribution is -3.00. The van der Waals surface area contributed by atoms with E-state index in [1.54, 1.807) is 0 Å². The van der Waals surface area contributed by atoms with Gasteiger partial charge in [-0.05, 0) is 38.5 Å². The molecule has 0 fully saturated rings. The Morgan fingerprint density at radius 1 is 0.756 bits per heavy atom. The number of unbranched alkanes of at least 4 members (excludes halogenated alkanes) is 20. The van der Waals surface area contributed by atoms with Crippen LogP contribution in [0.5, 0.6) is 0 Å².